The molecule has 8 heteroatoms. The molecule has 1 aliphatic heterocycles. The first-order valence-electron chi connectivity index (χ1n) is 7.25. The normalized spacial score (nSPS) is 19.5. The van der Waals surface area contributed by atoms with E-state index < -0.39 is 0 Å². The first-order valence-corrected chi connectivity index (χ1v) is 8.95. The number of amides is 1. The van der Waals surface area contributed by atoms with Gasteiger partial charge in [-0.25, -0.2) is 9.78 Å². The summed E-state index contributed by atoms with van der Waals surface area (Å²) in [5, 5.41) is 3.70. The number of esters is 1. The van der Waals surface area contributed by atoms with Gasteiger partial charge < -0.3 is 10.1 Å². The zero-order valence-electron chi connectivity index (χ0n) is 12.8. The van der Waals surface area contributed by atoms with E-state index in [2.05, 4.69) is 22.2 Å². The summed E-state index contributed by atoms with van der Waals surface area (Å²) < 4.78 is 4.98. The van der Waals surface area contributed by atoms with Crippen molar-refractivity contribution in [1.29, 1.82) is 0 Å². The van der Waals surface area contributed by atoms with Crippen LogP contribution < -0.4 is 5.32 Å². The van der Waals surface area contributed by atoms with Crippen LogP contribution in [0.5, 0.6) is 0 Å². The van der Waals surface area contributed by atoms with Crippen molar-refractivity contribution in [2.45, 2.75) is 45.3 Å². The van der Waals surface area contributed by atoms with E-state index in [9.17, 15) is 9.59 Å². The molecule has 1 aromatic heterocycles. The molecule has 0 radical (unpaired) electrons. The Labute approximate surface area is 137 Å². The van der Waals surface area contributed by atoms with E-state index in [1.54, 1.807) is 13.8 Å². The van der Waals surface area contributed by atoms with Gasteiger partial charge in [0.1, 0.15) is 4.88 Å². The van der Waals surface area contributed by atoms with Crippen LogP contribution in [0, 0.1) is 6.92 Å². The summed E-state index contributed by atoms with van der Waals surface area (Å²) in [7, 11) is 0. The smallest absolute Gasteiger partial charge is 0.350 e. The maximum atomic E-state index is 11.8. The summed E-state index contributed by atoms with van der Waals surface area (Å²) >= 11 is 2.60. The molecule has 1 atom stereocenters. The highest BCUT2D eigenvalue weighted by Gasteiger charge is 2.30. The number of rotatable bonds is 6. The van der Waals surface area contributed by atoms with Crippen molar-refractivity contribution >= 4 is 45.3 Å². The first-order chi connectivity index (χ1) is 10.5. The topological polar surface area (TPSA) is 80.7 Å². The Kier molecular flexibility index (Phi) is 5.96. The van der Waals surface area contributed by atoms with Crippen molar-refractivity contribution in [2.75, 3.05) is 6.61 Å². The number of thioether (sulfide) groups is 1. The second-order valence-electron chi connectivity index (χ2n) is 4.79. The van der Waals surface area contributed by atoms with E-state index >= 15 is 0 Å². The summed E-state index contributed by atoms with van der Waals surface area (Å²) in [6, 6.07) is 0. The standard InChI is InChI=1S/C14H19N3O3S2/c1-4-6-7-9-11(18)16-14(21-9)17-13-15-8(3)10(22-13)12(19)20-5-2/h9H,4-7H2,1-3H3,(H,15,16,17,18). The average molecular weight is 341 g/mol. The lowest BCUT2D eigenvalue weighted by Crippen LogP contribution is -2.24. The lowest BCUT2D eigenvalue weighted by atomic mass is 10.2. The van der Waals surface area contributed by atoms with Gasteiger partial charge in [0, 0.05) is 0 Å². The Morgan fingerprint density at radius 2 is 2.23 bits per heavy atom. The molecule has 1 fully saturated rings. The van der Waals surface area contributed by atoms with Crippen LogP contribution in [0.3, 0.4) is 0 Å². The summed E-state index contributed by atoms with van der Waals surface area (Å²) in [5.74, 6) is -0.385. The second-order valence-corrected chi connectivity index (χ2v) is 6.96. The molecule has 0 spiro atoms. The predicted molar refractivity (Wildman–Crippen MR) is 88.9 cm³/mol. The fourth-order valence-electron chi connectivity index (χ4n) is 1.94. The maximum Gasteiger partial charge on any atom is 0.350 e. The van der Waals surface area contributed by atoms with Gasteiger partial charge >= 0.3 is 5.97 Å². The Morgan fingerprint density at radius 1 is 1.45 bits per heavy atom. The van der Waals surface area contributed by atoms with Crippen molar-refractivity contribution in [3.05, 3.63) is 10.6 Å². The molecule has 1 unspecified atom stereocenters. The average Bonchev–Trinajstić information content (AvgIpc) is 3.00. The van der Waals surface area contributed by atoms with Crippen LogP contribution in [0.25, 0.3) is 0 Å². The quantitative estimate of drug-likeness (QED) is 0.804. The van der Waals surface area contributed by atoms with E-state index in [-0.39, 0.29) is 17.1 Å². The highest BCUT2D eigenvalue weighted by Crippen LogP contribution is 2.30. The van der Waals surface area contributed by atoms with Gasteiger partial charge in [0.15, 0.2) is 5.17 Å². The molecule has 120 valence electrons. The van der Waals surface area contributed by atoms with Crippen LogP contribution in [-0.4, -0.2) is 33.9 Å². The molecule has 6 nitrogen and oxygen atoms in total. The number of hydrogen-bond donors (Lipinski definition) is 1. The van der Waals surface area contributed by atoms with E-state index in [0.29, 0.717) is 27.5 Å². The molecular weight excluding hydrogens is 322 g/mol. The fourth-order valence-corrected chi connectivity index (χ4v) is 3.85. The third-order valence-electron chi connectivity index (χ3n) is 3.04. The summed E-state index contributed by atoms with van der Waals surface area (Å²) in [6.45, 7) is 5.93. The number of carbonyl (C=O) groups excluding carboxylic acids is 2. The van der Waals surface area contributed by atoms with Crippen LogP contribution >= 0.6 is 23.1 Å². The molecule has 1 aliphatic rings. The molecule has 1 aromatic rings. The SMILES string of the molecule is CCCCC1S/C(=N/c2nc(C)c(C(=O)OCC)s2)NC1=O. The fraction of sp³-hybridized carbons (Fsp3) is 0.571. The molecule has 1 N–H and O–H groups in total. The largest absolute Gasteiger partial charge is 0.462 e. The van der Waals surface area contributed by atoms with Gasteiger partial charge in [-0.15, -0.1) is 0 Å². The van der Waals surface area contributed by atoms with Gasteiger partial charge in [0.05, 0.1) is 17.6 Å². The minimum Gasteiger partial charge on any atom is -0.462 e. The number of ether oxygens (including phenoxy) is 1. The van der Waals surface area contributed by atoms with Crippen LogP contribution in [-0.2, 0) is 9.53 Å². The Hall–Kier alpha value is -1.41. The van der Waals surface area contributed by atoms with Crippen LogP contribution in [0.2, 0.25) is 0 Å². The van der Waals surface area contributed by atoms with Crippen LogP contribution in [0.4, 0.5) is 5.13 Å². The molecule has 0 aliphatic carbocycles. The number of carbonyl (C=O) groups is 2. The minimum absolute atomic E-state index is 0.00362. The highest BCUT2D eigenvalue weighted by atomic mass is 32.2. The maximum absolute atomic E-state index is 11.8. The number of amidine groups is 1. The summed E-state index contributed by atoms with van der Waals surface area (Å²) in [4.78, 5) is 32.7. The Balaban J connectivity index is 2.09. The van der Waals surface area contributed by atoms with E-state index in [0.717, 1.165) is 19.3 Å². The van der Waals surface area contributed by atoms with Crippen molar-refractivity contribution in [1.82, 2.24) is 10.3 Å². The number of aryl methyl sites for hydroxylation is 1. The van der Waals surface area contributed by atoms with Gasteiger partial charge in [-0.2, -0.15) is 4.99 Å². The van der Waals surface area contributed by atoms with Gasteiger partial charge in [0.2, 0.25) is 11.0 Å². The number of hydrogen-bond acceptors (Lipinski definition) is 7. The summed E-state index contributed by atoms with van der Waals surface area (Å²) in [5.41, 5.74) is 0.597. The lowest BCUT2D eigenvalue weighted by Gasteiger charge is -2.01. The molecule has 22 heavy (non-hydrogen) atoms. The summed E-state index contributed by atoms with van der Waals surface area (Å²) in [6.07, 6.45) is 2.92. The minimum atomic E-state index is -0.382. The molecule has 2 heterocycles. The second kappa shape index (κ2) is 7.73. The van der Waals surface area contributed by atoms with Crippen molar-refractivity contribution in [3.63, 3.8) is 0 Å². The third kappa shape index (κ3) is 4.07. The number of nitrogens with zero attached hydrogens (tertiary/aromatic N) is 2. The monoisotopic (exact) mass is 341 g/mol. The molecule has 1 saturated heterocycles. The van der Waals surface area contributed by atoms with Crippen LogP contribution in [0.1, 0.15) is 48.5 Å². The molecule has 1 amide bonds. The van der Waals surface area contributed by atoms with Crippen molar-refractivity contribution < 1.29 is 14.3 Å². The number of unbranched alkanes of at least 4 members (excludes halogenated alkanes) is 1. The molecule has 0 bridgehead atoms. The zero-order chi connectivity index (χ0) is 16.1. The first kappa shape index (κ1) is 17.0. The molecule has 0 aromatic carbocycles. The Morgan fingerprint density at radius 3 is 2.91 bits per heavy atom. The van der Waals surface area contributed by atoms with Gasteiger partial charge in [-0.05, 0) is 20.3 Å². The van der Waals surface area contributed by atoms with Gasteiger partial charge in [-0.3, -0.25) is 4.79 Å². The number of aromatic nitrogens is 1. The lowest BCUT2D eigenvalue weighted by molar-refractivity contribution is -0.118. The van der Waals surface area contributed by atoms with E-state index in [4.69, 9.17) is 4.74 Å². The molecular formula is C14H19N3O3S2. The van der Waals surface area contributed by atoms with E-state index in [1.165, 1.54) is 23.1 Å². The highest BCUT2D eigenvalue weighted by molar-refractivity contribution is 8.15. The number of aliphatic imine (C=N–C) groups is 1. The number of nitrogens with one attached hydrogen (secondary N) is 1. The molecule has 0 saturated carbocycles. The van der Waals surface area contributed by atoms with Gasteiger partial charge in [0.25, 0.3) is 0 Å². The zero-order valence-corrected chi connectivity index (χ0v) is 14.5. The third-order valence-corrected chi connectivity index (χ3v) is 5.22. The van der Waals surface area contributed by atoms with Crippen LogP contribution in [0.15, 0.2) is 4.99 Å². The van der Waals surface area contributed by atoms with Crippen molar-refractivity contribution in [3.8, 4) is 0 Å². The number of thiazole rings is 1. The molecule has 2 rings (SSSR count). The van der Waals surface area contributed by atoms with E-state index in [1.807, 2.05) is 0 Å². The Bertz CT molecular complexity index is 598. The van der Waals surface area contributed by atoms with Crippen molar-refractivity contribution in [2.24, 2.45) is 4.99 Å². The predicted octanol–water partition coefficient (Wildman–Crippen LogP) is 3.04. The van der Waals surface area contributed by atoms with Gasteiger partial charge in [-0.1, -0.05) is 42.9 Å².